The molecule has 0 saturated carbocycles. The molecular formula is C16H24ClN3O3. The Balaban J connectivity index is 0.00000264. The molecule has 1 aliphatic heterocycles. The van der Waals surface area contributed by atoms with Gasteiger partial charge in [0.15, 0.2) is 0 Å². The SMILES string of the molecule is CC(N)C(C)C(=O)N1CCN(C(=O)c2ccc(O)cc2)CC1.Cl. The van der Waals surface area contributed by atoms with Gasteiger partial charge in [0.2, 0.25) is 5.91 Å². The molecule has 1 aliphatic rings. The monoisotopic (exact) mass is 341 g/mol. The lowest BCUT2D eigenvalue weighted by atomic mass is 10.0. The zero-order valence-electron chi connectivity index (χ0n) is 13.4. The minimum atomic E-state index is -0.209. The van der Waals surface area contributed by atoms with Gasteiger partial charge in [0.05, 0.1) is 5.92 Å². The topological polar surface area (TPSA) is 86.9 Å². The third kappa shape index (κ3) is 4.59. The quantitative estimate of drug-likeness (QED) is 0.861. The van der Waals surface area contributed by atoms with Crippen molar-refractivity contribution in [3.05, 3.63) is 29.8 Å². The molecule has 3 N–H and O–H groups in total. The first-order valence-corrected chi connectivity index (χ1v) is 7.53. The van der Waals surface area contributed by atoms with Crippen LogP contribution in [0.15, 0.2) is 24.3 Å². The van der Waals surface area contributed by atoms with Crippen molar-refractivity contribution in [2.75, 3.05) is 26.2 Å². The molecule has 1 saturated heterocycles. The molecule has 1 aromatic rings. The highest BCUT2D eigenvalue weighted by atomic mass is 35.5. The van der Waals surface area contributed by atoms with Gasteiger partial charge in [-0.25, -0.2) is 0 Å². The lowest BCUT2D eigenvalue weighted by molar-refractivity contribution is -0.137. The molecule has 7 heteroatoms. The van der Waals surface area contributed by atoms with Gasteiger partial charge in [0.25, 0.3) is 5.91 Å². The Labute approximate surface area is 142 Å². The summed E-state index contributed by atoms with van der Waals surface area (Å²) >= 11 is 0. The van der Waals surface area contributed by atoms with Gasteiger partial charge >= 0.3 is 0 Å². The van der Waals surface area contributed by atoms with E-state index < -0.39 is 0 Å². The summed E-state index contributed by atoms with van der Waals surface area (Å²) in [4.78, 5) is 28.1. The second-order valence-electron chi connectivity index (χ2n) is 5.81. The second-order valence-corrected chi connectivity index (χ2v) is 5.81. The molecule has 23 heavy (non-hydrogen) atoms. The number of carbonyl (C=O) groups excluding carboxylic acids is 2. The molecule has 2 unspecified atom stereocenters. The Morgan fingerprint density at radius 1 is 1.04 bits per heavy atom. The number of phenolic OH excluding ortho intramolecular Hbond substituents is 1. The summed E-state index contributed by atoms with van der Waals surface area (Å²) in [7, 11) is 0. The van der Waals surface area contributed by atoms with E-state index in [2.05, 4.69) is 0 Å². The number of carbonyl (C=O) groups is 2. The molecule has 128 valence electrons. The number of amides is 2. The van der Waals surface area contributed by atoms with Crippen molar-refractivity contribution < 1.29 is 14.7 Å². The standard InChI is InChI=1S/C16H23N3O3.ClH/c1-11(12(2)17)15(21)18-7-9-19(10-8-18)16(22)13-3-5-14(20)6-4-13;/h3-6,11-12,20H,7-10,17H2,1-2H3;1H. The van der Waals surface area contributed by atoms with Gasteiger partial charge < -0.3 is 20.6 Å². The number of aromatic hydroxyl groups is 1. The third-order valence-corrected chi connectivity index (χ3v) is 4.17. The molecule has 0 spiro atoms. The maximum Gasteiger partial charge on any atom is 0.253 e. The van der Waals surface area contributed by atoms with E-state index in [9.17, 15) is 14.7 Å². The minimum Gasteiger partial charge on any atom is -0.508 e. The number of hydrogen-bond donors (Lipinski definition) is 2. The zero-order valence-corrected chi connectivity index (χ0v) is 14.3. The molecule has 1 heterocycles. The van der Waals surface area contributed by atoms with Crippen LogP contribution in [0.2, 0.25) is 0 Å². The summed E-state index contributed by atoms with van der Waals surface area (Å²) in [6.07, 6.45) is 0. The van der Waals surface area contributed by atoms with E-state index in [0.29, 0.717) is 31.7 Å². The van der Waals surface area contributed by atoms with Gasteiger partial charge in [0.1, 0.15) is 5.75 Å². The molecule has 6 nitrogen and oxygen atoms in total. The normalized spacial score (nSPS) is 17.2. The molecule has 0 aliphatic carbocycles. The van der Waals surface area contributed by atoms with E-state index in [-0.39, 0.29) is 41.9 Å². The first-order chi connectivity index (χ1) is 10.4. The minimum absolute atomic E-state index is 0. The van der Waals surface area contributed by atoms with E-state index in [0.717, 1.165) is 0 Å². The van der Waals surface area contributed by atoms with Crippen LogP contribution in [0.4, 0.5) is 0 Å². The van der Waals surface area contributed by atoms with Crippen LogP contribution in [0.3, 0.4) is 0 Å². The Morgan fingerprint density at radius 2 is 1.52 bits per heavy atom. The number of benzene rings is 1. The molecule has 2 atom stereocenters. The van der Waals surface area contributed by atoms with Crippen molar-refractivity contribution in [1.29, 1.82) is 0 Å². The van der Waals surface area contributed by atoms with E-state index >= 15 is 0 Å². The summed E-state index contributed by atoms with van der Waals surface area (Å²) in [6, 6.07) is 6.03. The number of nitrogens with zero attached hydrogens (tertiary/aromatic N) is 2. The Bertz CT molecular complexity index is 540. The first-order valence-electron chi connectivity index (χ1n) is 7.53. The van der Waals surface area contributed by atoms with Crippen LogP contribution >= 0.6 is 12.4 Å². The maximum absolute atomic E-state index is 12.4. The Morgan fingerprint density at radius 3 is 2.00 bits per heavy atom. The number of phenols is 1. The number of hydrogen-bond acceptors (Lipinski definition) is 4. The molecule has 1 fully saturated rings. The van der Waals surface area contributed by atoms with Gasteiger partial charge in [-0.1, -0.05) is 6.92 Å². The van der Waals surface area contributed by atoms with Crippen molar-refractivity contribution >= 4 is 24.2 Å². The first kappa shape index (κ1) is 19.3. The molecule has 2 amide bonds. The van der Waals surface area contributed by atoms with Crippen LogP contribution in [0.1, 0.15) is 24.2 Å². The fraction of sp³-hybridized carbons (Fsp3) is 0.500. The summed E-state index contributed by atoms with van der Waals surface area (Å²) < 4.78 is 0. The van der Waals surface area contributed by atoms with Gasteiger partial charge in [-0.3, -0.25) is 9.59 Å². The predicted octanol–water partition coefficient (Wildman–Crippen LogP) is 1.08. The molecular weight excluding hydrogens is 318 g/mol. The molecule has 0 bridgehead atoms. The van der Waals surface area contributed by atoms with Crippen molar-refractivity contribution in [3.8, 4) is 5.75 Å². The Hall–Kier alpha value is -1.79. The lowest BCUT2D eigenvalue weighted by Crippen LogP contribution is -2.53. The van der Waals surface area contributed by atoms with Gasteiger partial charge in [0, 0.05) is 37.8 Å². The number of halogens is 1. The maximum atomic E-state index is 12.4. The van der Waals surface area contributed by atoms with Crippen LogP contribution in [-0.4, -0.2) is 58.9 Å². The molecule has 0 radical (unpaired) electrons. The van der Waals surface area contributed by atoms with Crippen LogP contribution in [0.25, 0.3) is 0 Å². The zero-order chi connectivity index (χ0) is 16.3. The predicted molar refractivity (Wildman–Crippen MR) is 90.7 cm³/mol. The summed E-state index contributed by atoms with van der Waals surface area (Å²) in [5.41, 5.74) is 6.32. The van der Waals surface area contributed by atoms with Crippen molar-refractivity contribution in [2.45, 2.75) is 19.9 Å². The van der Waals surface area contributed by atoms with E-state index in [1.807, 2.05) is 13.8 Å². The summed E-state index contributed by atoms with van der Waals surface area (Å²) in [5, 5.41) is 9.26. The third-order valence-electron chi connectivity index (χ3n) is 4.17. The van der Waals surface area contributed by atoms with Crippen molar-refractivity contribution in [1.82, 2.24) is 9.80 Å². The van der Waals surface area contributed by atoms with E-state index in [1.54, 1.807) is 21.9 Å². The highest BCUT2D eigenvalue weighted by Crippen LogP contribution is 2.14. The molecule has 0 aromatic heterocycles. The van der Waals surface area contributed by atoms with Crippen LogP contribution < -0.4 is 5.73 Å². The summed E-state index contributed by atoms with van der Waals surface area (Å²) in [5.74, 6) is -0.102. The highest BCUT2D eigenvalue weighted by molar-refractivity contribution is 5.94. The molecule has 1 aromatic carbocycles. The smallest absolute Gasteiger partial charge is 0.253 e. The number of nitrogens with two attached hydrogens (primary N) is 1. The highest BCUT2D eigenvalue weighted by Gasteiger charge is 2.28. The van der Waals surface area contributed by atoms with Crippen molar-refractivity contribution in [3.63, 3.8) is 0 Å². The largest absolute Gasteiger partial charge is 0.508 e. The fourth-order valence-corrected chi connectivity index (χ4v) is 2.43. The fourth-order valence-electron chi connectivity index (χ4n) is 2.43. The number of rotatable bonds is 3. The van der Waals surface area contributed by atoms with Crippen LogP contribution in [0, 0.1) is 5.92 Å². The van der Waals surface area contributed by atoms with E-state index in [4.69, 9.17) is 5.73 Å². The van der Waals surface area contributed by atoms with Crippen LogP contribution in [0.5, 0.6) is 5.75 Å². The summed E-state index contributed by atoms with van der Waals surface area (Å²) in [6.45, 7) is 5.74. The van der Waals surface area contributed by atoms with Gasteiger partial charge in [-0.15, -0.1) is 12.4 Å². The lowest BCUT2D eigenvalue weighted by Gasteiger charge is -2.36. The number of piperazine rings is 1. The van der Waals surface area contributed by atoms with E-state index in [1.165, 1.54) is 12.1 Å². The molecule has 2 rings (SSSR count). The van der Waals surface area contributed by atoms with Crippen molar-refractivity contribution in [2.24, 2.45) is 11.7 Å². The van der Waals surface area contributed by atoms with Gasteiger partial charge in [-0.2, -0.15) is 0 Å². The second kappa shape index (κ2) is 8.17. The average molecular weight is 342 g/mol. The van der Waals surface area contributed by atoms with Crippen LogP contribution in [-0.2, 0) is 4.79 Å². The van der Waals surface area contributed by atoms with Gasteiger partial charge in [-0.05, 0) is 31.2 Å². The average Bonchev–Trinajstić information content (AvgIpc) is 2.53. The Kier molecular flexibility index (Phi) is 6.84.